The van der Waals surface area contributed by atoms with E-state index in [-0.39, 0.29) is 5.91 Å². The van der Waals surface area contributed by atoms with Crippen LogP contribution in [0.5, 0.6) is 0 Å². The first-order valence-corrected chi connectivity index (χ1v) is 7.08. The number of aromatic nitrogens is 1. The summed E-state index contributed by atoms with van der Waals surface area (Å²) in [4.78, 5) is 16.0. The van der Waals surface area contributed by atoms with Gasteiger partial charge in [-0.25, -0.2) is 0 Å². The van der Waals surface area contributed by atoms with Crippen molar-refractivity contribution in [2.45, 2.75) is 26.3 Å². The van der Waals surface area contributed by atoms with E-state index in [0.717, 1.165) is 16.5 Å². The van der Waals surface area contributed by atoms with E-state index in [4.69, 9.17) is 5.73 Å². The molecular weight excluding hydrogens is 262 g/mol. The number of hydrogen-bond acceptors (Lipinski definition) is 3. The van der Waals surface area contributed by atoms with Gasteiger partial charge in [0.2, 0.25) is 5.91 Å². The van der Waals surface area contributed by atoms with Crippen molar-refractivity contribution in [3.63, 3.8) is 0 Å². The van der Waals surface area contributed by atoms with Gasteiger partial charge in [-0.05, 0) is 18.4 Å². The molecule has 110 valence electrons. The van der Waals surface area contributed by atoms with Gasteiger partial charge in [-0.15, -0.1) is 0 Å². The van der Waals surface area contributed by atoms with Crippen LogP contribution in [0.15, 0.2) is 43.1 Å². The Morgan fingerprint density at radius 2 is 2.05 bits per heavy atom. The molecule has 0 spiro atoms. The summed E-state index contributed by atoms with van der Waals surface area (Å²) in [5, 5.41) is 4.19. The van der Waals surface area contributed by atoms with E-state index >= 15 is 0 Å². The van der Waals surface area contributed by atoms with Crippen LogP contribution in [0.2, 0.25) is 0 Å². The Labute approximate surface area is 125 Å². The van der Waals surface area contributed by atoms with Crippen molar-refractivity contribution in [2.24, 2.45) is 11.7 Å². The third kappa shape index (κ3) is 3.60. The quantitative estimate of drug-likeness (QED) is 0.856. The molecule has 1 unspecified atom stereocenters. The Morgan fingerprint density at radius 1 is 1.33 bits per heavy atom. The van der Waals surface area contributed by atoms with Gasteiger partial charge in [0.05, 0.1) is 5.52 Å². The van der Waals surface area contributed by atoms with Crippen molar-refractivity contribution in [3.05, 3.63) is 48.7 Å². The maximum atomic E-state index is 11.6. The first-order valence-electron chi connectivity index (χ1n) is 7.08. The number of rotatable bonds is 6. The molecule has 3 N–H and O–H groups in total. The lowest BCUT2D eigenvalue weighted by atomic mass is 10.0. The summed E-state index contributed by atoms with van der Waals surface area (Å²) in [5.74, 6) is 0.00601. The zero-order chi connectivity index (χ0) is 15.4. The summed E-state index contributed by atoms with van der Waals surface area (Å²) in [7, 11) is 0. The number of nitrogens with one attached hydrogen (secondary N) is 1. The van der Waals surface area contributed by atoms with Gasteiger partial charge in [-0.3, -0.25) is 9.78 Å². The van der Waals surface area contributed by atoms with Crippen molar-refractivity contribution in [2.75, 3.05) is 0 Å². The molecule has 1 amide bonds. The summed E-state index contributed by atoms with van der Waals surface area (Å²) in [6.07, 6.45) is 2.42. The zero-order valence-corrected chi connectivity index (χ0v) is 12.5. The zero-order valence-electron chi connectivity index (χ0n) is 12.5. The molecule has 1 heterocycles. The number of nitrogens with two attached hydrogens (primary N) is 1. The van der Waals surface area contributed by atoms with Crippen molar-refractivity contribution >= 4 is 22.5 Å². The van der Waals surface area contributed by atoms with Crippen LogP contribution in [0, 0.1) is 5.92 Å². The molecule has 1 atom stereocenters. The lowest BCUT2D eigenvalue weighted by Gasteiger charge is -2.20. The molecule has 21 heavy (non-hydrogen) atoms. The number of fused-ring (bicyclic) bond motifs is 1. The third-order valence-electron chi connectivity index (χ3n) is 3.36. The standard InChI is InChI=1S/C17H21N3O/c1-11(2)10-15(17(18)21)20-12(3)14-8-4-6-13-7-5-9-19-16(13)14/h4-9,11,15,20H,3,10H2,1-2H3,(H2,18,21). The molecule has 1 aromatic heterocycles. The fourth-order valence-electron chi connectivity index (χ4n) is 2.35. The molecular formula is C17H21N3O. The molecule has 0 radical (unpaired) electrons. The first kappa shape index (κ1) is 15.0. The van der Waals surface area contributed by atoms with Crippen molar-refractivity contribution < 1.29 is 4.79 Å². The number of hydrogen-bond donors (Lipinski definition) is 2. The second-order valence-corrected chi connectivity index (χ2v) is 5.59. The largest absolute Gasteiger partial charge is 0.374 e. The average Bonchev–Trinajstić information content (AvgIpc) is 2.45. The van der Waals surface area contributed by atoms with E-state index in [1.807, 2.05) is 30.3 Å². The molecule has 4 nitrogen and oxygen atoms in total. The summed E-state index contributed by atoms with van der Waals surface area (Å²) >= 11 is 0. The third-order valence-corrected chi connectivity index (χ3v) is 3.36. The Morgan fingerprint density at radius 3 is 2.71 bits per heavy atom. The van der Waals surface area contributed by atoms with Gasteiger partial charge in [0, 0.05) is 22.8 Å². The van der Waals surface area contributed by atoms with Crippen LogP contribution in [-0.2, 0) is 4.79 Å². The van der Waals surface area contributed by atoms with Crippen LogP contribution in [-0.4, -0.2) is 16.9 Å². The number of amides is 1. The maximum Gasteiger partial charge on any atom is 0.239 e. The van der Waals surface area contributed by atoms with Crippen LogP contribution in [0.3, 0.4) is 0 Å². The van der Waals surface area contributed by atoms with Gasteiger partial charge >= 0.3 is 0 Å². The Kier molecular flexibility index (Phi) is 4.58. The summed E-state index contributed by atoms with van der Waals surface area (Å²) in [6, 6.07) is 9.37. The highest BCUT2D eigenvalue weighted by atomic mass is 16.1. The molecule has 0 aliphatic rings. The van der Waals surface area contributed by atoms with Crippen LogP contribution in [0.4, 0.5) is 0 Å². The predicted molar refractivity (Wildman–Crippen MR) is 86.4 cm³/mol. The monoisotopic (exact) mass is 283 g/mol. The van der Waals surface area contributed by atoms with Gasteiger partial charge in [0.25, 0.3) is 0 Å². The number of para-hydroxylation sites is 1. The number of benzene rings is 1. The summed E-state index contributed by atoms with van der Waals surface area (Å²) in [6.45, 7) is 8.16. The van der Waals surface area contributed by atoms with Crippen molar-refractivity contribution in [1.29, 1.82) is 0 Å². The first-order chi connectivity index (χ1) is 9.99. The van der Waals surface area contributed by atoms with E-state index in [1.54, 1.807) is 6.20 Å². The second-order valence-electron chi connectivity index (χ2n) is 5.59. The van der Waals surface area contributed by atoms with E-state index in [2.05, 4.69) is 30.7 Å². The highest BCUT2D eigenvalue weighted by Gasteiger charge is 2.18. The summed E-state index contributed by atoms with van der Waals surface area (Å²) in [5.41, 5.74) is 7.89. The van der Waals surface area contributed by atoms with Gasteiger partial charge in [0.15, 0.2) is 0 Å². The predicted octanol–water partition coefficient (Wildman–Crippen LogP) is 2.70. The van der Waals surface area contributed by atoms with E-state index in [9.17, 15) is 4.79 Å². The number of pyridine rings is 1. The summed E-state index contributed by atoms with van der Waals surface area (Å²) < 4.78 is 0. The Balaban J connectivity index is 2.27. The van der Waals surface area contributed by atoms with Gasteiger partial charge in [0.1, 0.15) is 6.04 Å². The molecule has 0 aliphatic carbocycles. The molecule has 0 saturated heterocycles. The van der Waals surface area contributed by atoms with Crippen molar-refractivity contribution in [1.82, 2.24) is 10.3 Å². The molecule has 1 aromatic carbocycles. The van der Waals surface area contributed by atoms with Gasteiger partial charge in [-0.2, -0.15) is 0 Å². The molecule has 2 aromatic rings. The molecule has 0 bridgehead atoms. The number of primary amides is 1. The van der Waals surface area contributed by atoms with E-state index in [0.29, 0.717) is 18.0 Å². The Hall–Kier alpha value is -2.36. The lowest BCUT2D eigenvalue weighted by Crippen LogP contribution is -2.41. The fourth-order valence-corrected chi connectivity index (χ4v) is 2.35. The van der Waals surface area contributed by atoms with Crippen LogP contribution < -0.4 is 11.1 Å². The maximum absolute atomic E-state index is 11.6. The van der Waals surface area contributed by atoms with Crippen LogP contribution in [0.1, 0.15) is 25.8 Å². The molecule has 2 rings (SSSR count). The topological polar surface area (TPSA) is 68.0 Å². The Bertz CT molecular complexity index is 659. The molecule has 0 fully saturated rings. The van der Waals surface area contributed by atoms with Crippen LogP contribution >= 0.6 is 0 Å². The van der Waals surface area contributed by atoms with E-state index < -0.39 is 6.04 Å². The fraction of sp³-hybridized carbons (Fsp3) is 0.294. The normalized spacial score (nSPS) is 12.3. The second kappa shape index (κ2) is 6.39. The number of carbonyl (C=O) groups is 1. The average molecular weight is 283 g/mol. The highest BCUT2D eigenvalue weighted by molar-refractivity contribution is 5.91. The minimum atomic E-state index is -0.420. The van der Waals surface area contributed by atoms with Crippen LogP contribution in [0.25, 0.3) is 16.6 Å². The smallest absolute Gasteiger partial charge is 0.239 e. The minimum Gasteiger partial charge on any atom is -0.374 e. The molecule has 4 heteroatoms. The van der Waals surface area contributed by atoms with E-state index in [1.165, 1.54) is 0 Å². The van der Waals surface area contributed by atoms with Gasteiger partial charge in [-0.1, -0.05) is 44.7 Å². The SMILES string of the molecule is C=C(NC(CC(C)C)C(N)=O)c1cccc2cccnc12. The number of carbonyl (C=O) groups excluding carboxylic acids is 1. The molecule has 0 saturated carbocycles. The molecule has 0 aliphatic heterocycles. The highest BCUT2D eigenvalue weighted by Crippen LogP contribution is 2.21. The van der Waals surface area contributed by atoms with Gasteiger partial charge < -0.3 is 11.1 Å². The van der Waals surface area contributed by atoms with Crippen molar-refractivity contribution in [3.8, 4) is 0 Å². The minimum absolute atomic E-state index is 0.363. The lowest BCUT2D eigenvalue weighted by molar-refractivity contribution is -0.120. The number of nitrogens with zero attached hydrogens (tertiary/aromatic N) is 1.